The van der Waals surface area contributed by atoms with Crippen molar-refractivity contribution in [3.8, 4) is 0 Å². The number of unbranched alkanes of at least 4 members (excludes halogenated alkanes) is 27. The number of esters is 4. The molecule has 6 atom stereocenters. The van der Waals surface area contributed by atoms with E-state index in [4.69, 9.17) is 37.0 Å². The number of aliphatic hydroxyl groups excluding tert-OH is 1. The van der Waals surface area contributed by atoms with Gasteiger partial charge in [-0.2, -0.15) is 0 Å². The predicted molar refractivity (Wildman–Crippen MR) is 335 cm³/mol. The van der Waals surface area contributed by atoms with E-state index in [9.17, 15) is 43.2 Å². The number of rotatable bonds is 62. The van der Waals surface area contributed by atoms with Crippen molar-refractivity contribution >= 4 is 39.5 Å². The summed E-state index contributed by atoms with van der Waals surface area (Å²) in [5.74, 6) is 0.753. The Morgan fingerprint density at radius 1 is 0.333 bits per heavy atom. The first kappa shape index (κ1) is 82.1. The summed E-state index contributed by atoms with van der Waals surface area (Å²) in [7, 11) is -9.89. The first-order chi connectivity index (χ1) is 40.1. The number of phosphoric acid groups is 2. The maximum atomic E-state index is 13.0. The molecule has 0 amide bonds. The number of hydrogen-bond donors (Lipinski definition) is 3. The lowest BCUT2D eigenvalue weighted by molar-refractivity contribution is -0.161. The molecule has 17 nitrogen and oxygen atoms in total. The number of phosphoric ester groups is 2. The number of hydrogen-bond acceptors (Lipinski definition) is 15. The molecule has 0 aliphatic rings. The van der Waals surface area contributed by atoms with Gasteiger partial charge in [0.2, 0.25) is 0 Å². The summed E-state index contributed by atoms with van der Waals surface area (Å²) in [6, 6.07) is 0. The van der Waals surface area contributed by atoms with Gasteiger partial charge in [0.15, 0.2) is 12.2 Å². The Hall–Kier alpha value is -1.94. The Kier molecular flexibility index (Phi) is 53.9. The van der Waals surface area contributed by atoms with Crippen LogP contribution < -0.4 is 0 Å². The molecule has 498 valence electrons. The zero-order chi connectivity index (χ0) is 62.5. The van der Waals surface area contributed by atoms with Crippen LogP contribution in [0, 0.1) is 23.7 Å². The van der Waals surface area contributed by atoms with Crippen LogP contribution in [0.5, 0.6) is 0 Å². The minimum absolute atomic E-state index is 0.103. The summed E-state index contributed by atoms with van der Waals surface area (Å²) in [5.41, 5.74) is 0. The fourth-order valence-electron chi connectivity index (χ4n) is 9.57. The van der Waals surface area contributed by atoms with Crippen LogP contribution in [0.1, 0.15) is 312 Å². The van der Waals surface area contributed by atoms with E-state index in [0.717, 1.165) is 120 Å². The van der Waals surface area contributed by atoms with E-state index in [1.54, 1.807) is 0 Å². The summed E-state index contributed by atoms with van der Waals surface area (Å²) in [6.07, 6.45) is 35.0. The van der Waals surface area contributed by atoms with Crippen LogP contribution in [-0.2, 0) is 65.4 Å². The van der Waals surface area contributed by atoms with Crippen LogP contribution in [0.3, 0.4) is 0 Å². The molecule has 0 spiro atoms. The van der Waals surface area contributed by atoms with E-state index in [0.29, 0.717) is 31.6 Å². The van der Waals surface area contributed by atoms with E-state index in [-0.39, 0.29) is 25.7 Å². The molecular weight excluding hydrogens is 1110 g/mol. The molecule has 0 aromatic carbocycles. The summed E-state index contributed by atoms with van der Waals surface area (Å²) in [4.78, 5) is 72.2. The topological polar surface area (TPSA) is 237 Å². The first-order valence-corrected chi connectivity index (χ1v) is 36.7. The van der Waals surface area contributed by atoms with Gasteiger partial charge in [-0.3, -0.25) is 37.3 Å². The zero-order valence-electron chi connectivity index (χ0n) is 54.5. The SMILES string of the molecule is CCC(C)CCCCCCCCC(=O)OC[C@H](COP(=O)(O)OC[C@H](O)COP(=O)(O)OC[C@@H](COC(=O)CCCCCCCCC(C)C)OC(=O)CCCCCCCCCCC(C)C)OC(=O)CCCCCCCCCCCCCC(C)C. The van der Waals surface area contributed by atoms with Crippen LogP contribution in [-0.4, -0.2) is 96.7 Å². The van der Waals surface area contributed by atoms with Crippen LogP contribution in [0.15, 0.2) is 0 Å². The van der Waals surface area contributed by atoms with E-state index in [1.165, 1.54) is 103 Å². The highest BCUT2D eigenvalue weighted by Gasteiger charge is 2.30. The third-order valence-electron chi connectivity index (χ3n) is 15.2. The second-order valence-corrected chi connectivity index (χ2v) is 28.1. The van der Waals surface area contributed by atoms with Crippen molar-refractivity contribution in [3.63, 3.8) is 0 Å². The van der Waals surface area contributed by atoms with Crippen molar-refractivity contribution in [3.05, 3.63) is 0 Å². The lowest BCUT2D eigenvalue weighted by Crippen LogP contribution is -2.30. The summed E-state index contributed by atoms with van der Waals surface area (Å²) in [6.45, 7) is 13.9. The van der Waals surface area contributed by atoms with Crippen molar-refractivity contribution < 1.29 is 80.2 Å². The standard InChI is InChI=1S/C65H126O17P2/c1-9-58(8)44-36-28-22-24-30-38-46-63(68)76-52-61(81-64(69)47-39-31-19-14-12-10-11-13-17-25-33-41-55(2)3)54-80-84(73,74)78-50-59(66)49-77-83(71,72)79-53-60(51-75-62(67)45-37-29-23-21-27-35-43-57(6)7)82-65(70)48-40-32-20-16-15-18-26-34-42-56(4)5/h55-61,66H,9-54H2,1-8H3,(H,71,72)(H,73,74)/t58?,59-,60-,61-/m1/s1. The fraction of sp³-hybridized carbons (Fsp3) is 0.938. The largest absolute Gasteiger partial charge is 0.472 e. The van der Waals surface area contributed by atoms with Gasteiger partial charge in [-0.05, 0) is 49.4 Å². The normalized spacial score (nSPS) is 14.7. The Balaban J connectivity index is 5.25. The molecule has 0 radical (unpaired) electrons. The molecule has 0 saturated heterocycles. The summed E-state index contributed by atoms with van der Waals surface area (Å²) >= 11 is 0. The maximum Gasteiger partial charge on any atom is 0.472 e. The van der Waals surface area contributed by atoms with Crippen molar-refractivity contribution in [1.82, 2.24) is 0 Å². The zero-order valence-corrected chi connectivity index (χ0v) is 56.3. The molecule has 0 bridgehead atoms. The maximum absolute atomic E-state index is 13.0. The number of carbonyl (C=O) groups excluding carboxylic acids is 4. The monoisotopic (exact) mass is 1240 g/mol. The van der Waals surface area contributed by atoms with Gasteiger partial charge < -0.3 is 33.8 Å². The lowest BCUT2D eigenvalue weighted by Gasteiger charge is -2.21. The molecular formula is C65H126O17P2. The van der Waals surface area contributed by atoms with E-state index >= 15 is 0 Å². The van der Waals surface area contributed by atoms with Crippen molar-refractivity contribution in [2.45, 2.75) is 331 Å². The Labute approximate surface area is 511 Å². The van der Waals surface area contributed by atoms with Gasteiger partial charge in [0.1, 0.15) is 19.3 Å². The van der Waals surface area contributed by atoms with Gasteiger partial charge in [0.05, 0.1) is 26.4 Å². The molecule has 0 fully saturated rings. The van der Waals surface area contributed by atoms with Gasteiger partial charge in [-0.15, -0.1) is 0 Å². The molecule has 19 heteroatoms. The molecule has 0 heterocycles. The molecule has 0 aromatic rings. The quantitative estimate of drug-likeness (QED) is 0.0222. The number of aliphatic hydroxyl groups is 1. The third-order valence-corrected chi connectivity index (χ3v) is 17.1. The van der Waals surface area contributed by atoms with Crippen LogP contribution >= 0.6 is 15.6 Å². The average molecular weight is 1240 g/mol. The van der Waals surface area contributed by atoms with E-state index in [1.807, 2.05) is 0 Å². The minimum Gasteiger partial charge on any atom is -0.462 e. The molecule has 3 N–H and O–H groups in total. The highest BCUT2D eigenvalue weighted by atomic mass is 31.2. The fourth-order valence-corrected chi connectivity index (χ4v) is 11.2. The molecule has 0 aromatic heterocycles. The second kappa shape index (κ2) is 55.2. The van der Waals surface area contributed by atoms with Gasteiger partial charge >= 0.3 is 39.5 Å². The minimum atomic E-state index is -4.95. The smallest absolute Gasteiger partial charge is 0.462 e. The Bertz CT molecular complexity index is 1680. The summed E-state index contributed by atoms with van der Waals surface area (Å²) in [5, 5.41) is 10.5. The van der Waals surface area contributed by atoms with Gasteiger partial charge in [0.25, 0.3) is 0 Å². The average Bonchev–Trinajstić information content (AvgIpc) is 3.48. The predicted octanol–water partition coefficient (Wildman–Crippen LogP) is 17.8. The molecule has 0 aliphatic carbocycles. The summed E-state index contributed by atoms with van der Waals surface area (Å²) < 4.78 is 68.0. The highest BCUT2D eigenvalue weighted by Crippen LogP contribution is 2.45. The first-order valence-electron chi connectivity index (χ1n) is 33.7. The molecule has 84 heavy (non-hydrogen) atoms. The van der Waals surface area contributed by atoms with Gasteiger partial charge in [-0.1, -0.05) is 261 Å². The number of carbonyl (C=O) groups is 4. The van der Waals surface area contributed by atoms with Gasteiger partial charge in [0, 0.05) is 25.7 Å². The highest BCUT2D eigenvalue weighted by molar-refractivity contribution is 7.47. The van der Waals surface area contributed by atoms with Crippen molar-refractivity contribution in [2.24, 2.45) is 23.7 Å². The van der Waals surface area contributed by atoms with Crippen LogP contribution in [0.25, 0.3) is 0 Å². The third kappa shape index (κ3) is 57.8. The van der Waals surface area contributed by atoms with Crippen LogP contribution in [0.2, 0.25) is 0 Å². The molecule has 0 rings (SSSR count). The van der Waals surface area contributed by atoms with Crippen molar-refractivity contribution in [2.75, 3.05) is 39.6 Å². The molecule has 3 unspecified atom stereocenters. The molecule has 0 saturated carbocycles. The molecule has 0 aliphatic heterocycles. The van der Waals surface area contributed by atoms with Crippen molar-refractivity contribution in [1.29, 1.82) is 0 Å². The number of ether oxygens (including phenoxy) is 4. The van der Waals surface area contributed by atoms with Crippen LogP contribution in [0.4, 0.5) is 0 Å². The van der Waals surface area contributed by atoms with E-state index in [2.05, 4.69) is 55.4 Å². The Morgan fingerprint density at radius 3 is 0.845 bits per heavy atom. The van der Waals surface area contributed by atoms with E-state index < -0.39 is 97.5 Å². The second-order valence-electron chi connectivity index (χ2n) is 25.2. The lowest BCUT2D eigenvalue weighted by atomic mass is 10.00. The van der Waals surface area contributed by atoms with Gasteiger partial charge in [-0.25, -0.2) is 9.13 Å². The Morgan fingerprint density at radius 2 is 0.571 bits per heavy atom.